The zero-order valence-corrected chi connectivity index (χ0v) is 37.8. The Hall–Kier alpha value is -9.18. The van der Waals surface area contributed by atoms with Crippen molar-refractivity contribution in [2.24, 2.45) is 0 Å². The number of hydrogen-bond donors (Lipinski definition) is 0. The van der Waals surface area contributed by atoms with Crippen LogP contribution in [0.1, 0.15) is 0 Å². The van der Waals surface area contributed by atoms with Gasteiger partial charge in [0.2, 0.25) is 0 Å². The van der Waals surface area contributed by atoms with Crippen molar-refractivity contribution in [3.63, 3.8) is 0 Å². The van der Waals surface area contributed by atoms with Gasteiger partial charge in [-0.3, -0.25) is 0 Å². The van der Waals surface area contributed by atoms with Gasteiger partial charge in [0, 0.05) is 50.0 Å². The largest absolute Gasteiger partial charge is 0.311 e. The molecule has 0 N–H and O–H groups in total. The molecule has 0 bridgehead atoms. The zero-order valence-electron chi connectivity index (χ0n) is 37.8. The Bertz CT molecular complexity index is 3940. The summed E-state index contributed by atoms with van der Waals surface area (Å²) in [6, 6.07) is 98.9. The van der Waals surface area contributed by atoms with Gasteiger partial charge in [-0.2, -0.15) is 0 Å². The minimum atomic E-state index is 1.09. The molecule has 2 heterocycles. The Morgan fingerprint density at radius 3 is 1.07 bits per heavy atom. The van der Waals surface area contributed by atoms with E-state index in [1.807, 2.05) is 0 Å². The molecule has 0 atom stereocenters. The Morgan fingerprint density at radius 1 is 0.203 bits per heavy atom. The van der Waals surface area contributed by atoms with Crippen molar-refractivity contribution in [1.82, 2.24) is 9.13 Å². The van der Waals surface area contributed by atoms with Crippen molar-refractivity contribution in [2.45, 2.75) is 0 Å². The van der Waals surface area contributed by atoms with Crippen LogP contribution in [0.4, 0.5) is 17.1 Å². The minimum absolute atomic E-state index is 1.09. The summed E-state index contributed by atoms with van der Waals surface area (Å²) in [5.41, 5.74) is 19.9. The summed E-state index contributed by atoms with van der Waals surface area (Å²) in [4.78, 5) is 2.34. The number of para-hydroxylation sites is 3. The topological polar surface area (TPSA) is 13.1 Å². The van der Waals surface area contributed by atoms with E-state index < -0.39 is 0 Å². The normalized spacial score (nSPS) is 11.5. The summed E-state index contributed by atoms with van der Waals surface area (Å²) in [5.74, 6) is 0. The number of rotatable bonds is 9. The summed E-state index contributed by atoms with van der Waals surface area (Å²) in [6.45, 7) is 0. The molecule has 2 aromatic heterocycles. The van der Waals surface area contributed by atoms with Gasteiger partial charge in [-0.05, 0) is 136 Å². The van der Waals surface area contributed by atoms with E-state index in [1.165, 1.54) is 88.1 Å². The molecule has 0 saturated carbocycles. The van der Waals surface area contributed by atoms with Crippen molar-refractivity contribution in [3.8, 4) is 55.9 Å². The van der Waals surface area contributed by atoms with Crippen molar-refractivity contribution in [1.29, 1.82) is 0 Å². The average Bonchev–Trinajstić information content (AvgIpc) is 3.94. The third kappa shape index (κ3) is 7.16. The van der Waals surface area contributed by atoms with Crippen LogP contribution in [0.5, 0.6) is 0 Å². The molecule has 3 nitrogen and oxygen atoms in total. The lowest BCUT2D eigenvalue weighted by atomic mass is 10.0. The van der Waals surface area contributed by atoms with Crippen molar-refractivity contribution in [3.05, 3.63) is 273 Å². The molecule has 0 aliphatic carbocycles. The lowest BCUT2D eigenvalue weighted by Gasteiger charge is -2.26. The van der Waals surface area contributed by atoms with E-state index in [0.717, 1.165) is 28.4 Å². The maximum atomic E-state index is 2.40. The van der Waals surface area contributed by atoms with E-state index in [9.17, 15) is 0 Å². The zero-order chi connectivity index (χ0) is 45.7. The van der Waals surface area contributed by atoms with Gasteiger partial charge in [0.05, 0.1) is 22.1 Å². The fraction of sp³-hybridized carbons (Fsp3) is 0. The van der Waals surface area contributed by atoms with Crippen LogP contribution in [0, 0.1) is 0 Å². The van der Waals surface area contributed by atoms with Crippen LogP contribution in [0.2, 0.25) is 0 Å². The molecular formula is C66H45N3. The maximum Gasteiger partial charge on any atom is 0.0547 e. The lowest BCUT2D eigenvalue weighted by molar-refractivity contribution is 1.18. The molecule has 0 saturated heterocycles. The molecule has 13 rings (SSSR count). The van der Waals surface area contributed by atoms with Crippen molar-refractivity contribution < 1.29 is 0 Å². The van der Waals surface area contributed by atoms with Gasteiger partial charge < -0.3 is 14.0 Å². The van der Waals surface area contributed by atoms with Crippen LogP contribution in [0.15, 0.2) is 273 Å². The molecule has 0 unspecified atom stereocenters. The van der Waals surface area contributed by atoms with E-state index in [4.69, 9.17) is 0 Å². The van der Waals surface area contributed by atoms with Crippen molar-refractivity contribution in [2.75, 3.05) is 4.90 Å². The van der Waals surface area contributed by atoms with E-state index in [2.05, 4.69) is 287 Å². The van der Waals surface area contributed by atoms with Gasteiger partial charge >= 0.3 is 0 Å². The maximum absolute atomic E-state index is 2.40. The molecule has 0 fully saturated rings. The second-order valence-electron chi connectivity index (χ2n) is 17.8. The Kier molecular flexibility index (Phi) is 9.84. The second kappa shape index (κ2) is 16.9. The van der Waals surface area contributed by atoms with Crippen LogP contribution in [0.25, 0.3) is 99.5 Å². The molecule has 3 heteroatoms. The average molecular weight is 880 g/mol. The predicted molar refractivity (Wildman–Crippen MR) is 292 cm³/mol. The highest BCUT2D eigenvalue weighted by Gasteiger charge is 2.18. The minimum Gasteiger partial charge on any atom is -0.311 e. The van der Waals surface area contributed by atoms with Gasteiger partial charge in [-0.1, -0.05) is 182 Å². The summed E-state index contributed by atoms with van der Waals surface area (Å²) >= 11 is 0. The second-order valence-corrected chi connectivity index (χ2v) is 17.8. The quantitative estimate of drug-likeness (QED) is 0.141. The third-order valence-corrected chi connectivity index (χ3v) is 13.7. The number of nitrogens with zero attached hydrogens (tertiary/aromatic N) is 3. The first-order chi connectivity index (χ1) is 34.2. The molecule has 0 spiro atoms. The molecule has 0 radical (unpaired) electrons. The number of anilines is 3. The predicted octanol–water partition coefficient (Wildman–Crippen LogP) is 18.0. The number of hydrogen-bond acceptors (Lipinski definition) is 1. The summed E-state index contributed by atoms with van der Waals surface area (Å²) in [7, 11) is 0. The molecule has 13 aromatic rings. The number of benzene rings is 11. The standard InChI is InChI=1S/C66H45N3/c1-4-14-46(15-5-1)48-24-38-57(39-25-48)68-64-23-13-11-21-60(64)62-44-52(33-43-65(62)68)50-28-34-55(35-29-50)67(54-18-8-3-9-19-54)56-36-30-51(31-37-56)53-32-42-61-59-20-10-12-22-63(59)69(66(61)45-53)58-40-26-49(27-41-58)47-16-6-2-7-17-47/h1-45H. The van der Waals surface area contributed by atoms with Gasteiger partial charge in [0.25, 0.3) is 0 Å². The summed E-state index contributed by atoms with van der Waals surface area (Å²) in [5, 5.41) is 4.98. The van der Waals surface area contributed by atoms with Gasteiger partial charge in [0.15, 0.2) is 0 Å². The van der Waals surface area contributed by atoms with Crippen LogP contribution in [0.3, 0.4) is 0 Å². The lowest BCUT2D eigenvalue weighted by Crippen LogP contribution is -2.09. The Morgan fingerprint density at radius 2 is 0.536 bits per heavy atom. The highest BCUT2D eigenvalue weighted by molar-refractivity contribution is 6.11. The number of fused-ring (bicyclic) bond motifs is 6. The molecule has 0 aliphatic heterocycles. The van der Waals surface area contributed by atoms with E-state index in [1.54, 1.807) is 0 Å². The summed E-state index contributed by atoms with van der Waals surface area (Å²) in [6.07, 6.45) is 0. The molecular weight excluding hydrogens is 835 g/mol. The van der Waals surface area contributed by atoms with Gasteiger partial charge in [-0.25, -0.2) is 0 Å². The van der Waals surface area contributed by atoms with Crippen LogP contribution in [-0.2, 0) is 0 Å². The van der Waals surface area contributed by atoms with Crippen LogP contribution >= 0.6 is 0 Å². The summed E-state index contributed by atoms with van der Waals surface area (Å²) < 4.78 is 4.79. The number of aromatic nitrogens is 2. The van der Waals surface area contributed by atoms with Crippen LogP contribution < -0.4 is 4.90 Å². The Labute approximate surface area is 401 Å². The van der Waals surface area contributed by atoms with E-state index in [0.29, 0.717) is 0 Å². The first-order valence-electron chi connectivity index (χ1n) is 23.7. The molecule has 0 aliphatic rings. The fourth-order valence-corrected chi connectivity index (χ4v) is 10.4. The Balaban J connectivity index is 0.823. The highest BCUT2D eigenvalue weighted by Crippen LogP contribution is 2.40. The molecule has 324 valence electrons. The van der Waals surface area contributed by atoms with Crippen molar-refractivity contribution >= 4 is 60.7 Å². The highest BCUT2D eigenvalue weighted by atomic mass is 15.1. The van der Waals surface area contributed by atoms with Gasteiger partial charge in [-0.15, -0.1) is 0 Å². The first kappa shape index (κ1) is 40.1. The third-order valence-electron chi connectivity index (χ3n) is 13.7. The van der Waals surface area contributed by atoms with E-state index >= 15 is 0 Å². The monoisotopic (exact) mass is 879 g/mol. The SMILES string of the molecule is c1ccc(-c2ccc(-n3c4ccccc4c4cc(-c5ccc(N(c6ccccc6)c6ccc(-c7ccc8c9ccccc9n(-c9ccc(-c%10ccccc%10)cc9)c8c7)cc6)cc5)ccc43)cc2)cc1. The van der Waals surface area contributed by atoms with Gasteiger partial charge in [0.1, 0.15) is 0 Å². The molecule has 11 aromatic carbocycles. The van der Waals surface area contributed by atoms with Crippen LogP contribution in [-0.4, -0.2) is 9.13 Å². The molecule has 69 heavy (non-hydrogen) atoms. The van der Waals surface area contributed by atoms with E-state index in [-0.39, 0.29) is 0 Å². The smallest absolute Gasteiger partial charge is 0.0547 e. The molecule has 0 amide bonds. The first-order valence-corrected chi connectivity index (χ1v) is 23.7. The fourth-order valence-electron chi connectivity index (χ4n) is 10.4.